The number of anilines is 1. The largest absolute Gasteiger partial charge is 0.322 e. The van der Waals surface area contributed by atoms with Crippen LogP contribution in [-0.2, 0) is 0 Å². The molecule has 0 aliphatic carbocycles. The molecule has 0 atom stereocenters. The van der Waals surface area contributed by atoms with Crippen molar-refractivity contribution in [2.45, 2.75) is 11.8 Å². The van der Waals surface area contributed by atoms with Gasteiger partial charge in [0.15, 0.2) is 0 Å². The second-order valence-electron chi connectivity index (χ2n) is 4.35. The third kappa shape index (κ3) is 3.19. The summed E-state index contributed by atoms with van der Waals surface area (Å²) in [6.07, 6.45) is 1.92. The maximum Gasteiger partial charge on any atom is 0.255 e. The predicted molar refractivity (Wildman–Crippen MR) is 82.1 cm³/mol. The minimum Gasteiger partial charge on any atom is -0.322 e. The van der Waals surface area contributed by atoms with Crippen molar-refractivity contribution in [1.82, 2.24) is 0 Å². The number of carbonyl (C=O) groups is 1. The Morgan fingerprint density at radius 2 is 2.05 bits per heavy atom. The smallest absolute Gasteiger partial charge is 0.255 e. The number of hydrogen-bond donors (Lipinski definition) is 1. The van der Waals surface area contributed by atoms with Gasteiger partial charge in [-0.05, 0) is 43.5 Å². The number of nitrogens with zero attached hydrogens (tertiary/aromatic N) is 1. The van der Waals surface area contributed by atoms with E-state index < -0.39 is 0 Å². The normalized spacial score (nSPS) is 9.85. The molecule has 1 amide bonds. The Balaban J connectivity index is 2.22. The van der Waals surface area contributed by atoms with Crippen molar-refractivity contribution < 1.29 is 4.79 Å². The van der Waals surface area contributed by atoms with Crippen molar-refractivity contribution >= 4 is 23.4 Å². The number of benzene rings is 2. The third-order valence-electron chi connectivity index (χ3n) is 2.86. The molecule has 0 aliphatic rings. The number of hydrogen-bond acceptors (Lipinski definition) is 3. The molecular formula is C16H14N2OS. The van der Waals surface area contributed by atoms with E-state index >= 15 is 0 Å². The maximum absolute atomic E-state index is 12.1. The molecule has 1 N–H and O–H groups in total. The van der Waals surface area contributed by atoms with Gasteiger partial charge in [-0.15, -0.1) is 11.8 Å². The summed E-state index contributed by atoms with van der Waals surface area (Å²) in [5, 5.41) is 11.9. The minimum atomic E-state index is -0.172. The van der Waals surface area contributed by atoms with Gasteiger partial charge in [0.25, 0.3) is 5.91 Å². The van der Waals surface area contributed by atoms with E-state index in [1.54, 1.807) is 18.2 Å². The van der Waals surface area contributed by atoms with Crippen molar-refractivity contribution in [2.75, 3.05) is 11.6 Å². The van der Waals surface area contributed by atoms with Gasteiger partial charge >= 0.3 is 0 Å². The molecule has 0 radical (unpaired) electrons. The lowest BCUT2D eigenvalue weighted by Gasteiger charge is -2.08. The van der Waals surface area contributed by atoms with Crippen LogP contribution in [0.3, 0.4) is 0 Å². The van der Waals surface area contributed by atoms with E-state index in [0.717, 1.165) is 10.5 Å². The van der Waals surface area contributed by atoms with E-state index in [9.17, 15) is 4.79 Å². The fraction of sp³-hybridized carbons (Fsp3) is 0.125. The van der Waals surface area contributed by atoms with Gasteiger partial charge in [0.2, 0.25) is 0 Å². The van der Waals surface area contributed by atoms with Gasteiger partial charge in [-0.1, -0.05) is 17.7 Å². The second kappa shape index (κ2) is 6.27. The van der Waals surface area contributed by atoms with Gasteiger partial charge in [0, 0.05) is 16.1 Å². The van der Waals surface area contributed by atoms with Crippen LogP contribution in [0, 0.1) is 18.3 Å². The van der Waals surface area contributed by atoms with E-state index in [1.165, 1.54) is 11.8 Å². The Morgan fingerprint density at radius 3 is 2.70 bits per heavy atom. The van der Waals surface area contributed by atoms with Crippen LogP contribution >= 0.6 is 11.8 Å². The van der Waals surface area contributed by atoms with Crippen LogP contribution in [0.15, 0.2) is 47.4 Å². The lowest BCUT2D eigenvalue weighted by Crippen LogP contribution is -2.12. The summed E-state index contributed by atoms with van der Waals surface area (Å²) >= 11 is 1.51. The van der Waals surface area contributed by atoms with E-state index in [2.05, 4.69) is 11.4 Å². The Hall–Kier alpha value is -2.25. The Labute approximate surface area is 122 Å². The molecule has 0 spiro atoms. The molecule has 0 saturated carbocycles. The minimum absolute atomic E-state index is 0.172. The summed E-state index contributed by atoms with van der Waals surface area (Å²) in [6, 6.07) is 14.9. The lowest BCUT2D eigenvalue weighted by atomic mass is 10.1. The number of nitrogens with one attached hydrogen (secondary N) is 1. The Kier molecular flexibility index (Phi) is 4.44. The van der Waals surface area contributed by atoms with Crippen molar-refractivity contribution in [1.29, 1.82) is 5.26 Å². The standard InChI is InChI=1S/C16H14N2OS/c1-11-4-3-5-12(8-11)16(19)18-14-6-7-15(20-2)13(9-14)10-17/h3-9H,1-2H3,(H,18,19). The molecule has 2 aromatic carbocycles. The SMILES string of the molecule is CSc1ccc(NC(=O)c2cccc(C)c2)cc1C#N. The molecule has 2 rings (SSSR count). The van der Waals surface area contributed by atoms with Gasteiger partial charge in [0.1, 0.15) is 6.07 Å². The predicted octanol–water partition coefficient (Wildman–Crippen LogP) is 3.84. The molecular weight excluding hydrogens is 268 g/mol. The molecule has 100 valence electrons. The van der Waals surface area contributed by atoms with Gasteiger partial charge < -0.3 is 5.32 Å². The first kappa shape index (κ1) is 14.2. The number of rotatable bonds is 3. The molecule has 0 fully saturated rings. The van der Waals surface area contributed by atoms with E-state index in [0.29, 0.717) is 16.8 Å². The van der Waals surface area contributed by atoms with Crippen molar-refractivity contribution in [3.63, 3.8) is 0 Å². The fourth-order valence-electron chi connectivity index (χ4n) is 1.86. The quantitative estimate of drug-likeness (QED) is 0.870. The summed E-state index contributed by atoms with van der Waals surface area (Å²) in [5.74, 6) is -0.172. The number of nitriles is 1. The van der Waals surface area contributed by atoms with Crippen LogP contribution in [0.25, 0.3) is 0 Å². The Morgan fingerprint density at radius 1 is 1.25 bits per heavy atom. The van der Waals surface area contributed by atoms with E-state index in [4.69, 9.17) is 5.26 Å². The van der Waals surface area contributed by atoms with Gasteiger partial charge in [-0.25, -0.2) is 0 Å². The molecule has 0 aromatic heterocycles. The van der Waals surface area contributed by atoms with Crippen molar-refractivity contribution in [3.05, 3.63) is 59.2 Å². The fourth-order valence-corrected chi connectivity index (χ4v) is 2.39. The average Bonchev–Trinajstić information content (AvgIpc) is 2.47. The van der Waals surface area contributed by atoms with E-state index in [-0.39, 0.29) is 5.91 Å². The molecule has 20 heavy (non-hydrogen) atoms. The molecule has 0 unspecified atom stereocenters. The highest BCUT2D eigenvalue weighted by Gasteiger charge is 2.08. The monoisotopic (exact) mass is 282 g/mol. The molecule has 2 aromatic rings. The van der Waals surface area contributed by atoms with Crippen LogP contribution in [0.2, 0.25) is 0 Å². The van der Waals surface area contributed by atoms with Crippen molar-refractivity contribution in [2.24, 2.45) is 0 Å². The first-order chi connectivity index (χ1) is 9.63. The molecule has 0 bridgehead atoms. The zero-order chi connectivity index (χ0) is 14.5. The number of amides is 1. The highest BCUT2D eigenvalue weighted by molar-refractivity contribution is 7.98. The summed E-state index contributed by atoms with van der Waals surface area (Å²) < 4.78 is 0. The highest BCUT2D eigenvalue weighted by atomic mass is 32.2. The van der Waals surface area contributed by atoms with Crippen LogP contribution in [-0.4, -0.2) is 12.2 Å². The molecule has 4 heteroatoms. The zero-order valence-electron chi connectivity index (χ0n) is 11.3. The van der Waals surface area contributed by atoms with Crippen LogP contribution in [0.5, 0.6) is 0 Å². The maximum atomic E-state index is 12.1. The first-order valence-corrected chi connectivity index (χ1v) is 7.32. The summed E-state index contributed by atoms with van der Waals surface area (Å²) in [7, 11) is 0. The number of aryl methyl sites for hydroxylation is 1. The van der Waals surface area contributed by atoms with Crippen molar-refractivity contribution in [3.8, 4) is 6.07 Å². The summed E-state index contributed by atoms with van der Waals surface area (Å²) in [6.45, 7) is 1.94. The summed E-state index contributed by atoms with van der Waals surface area (Å²) in [5.41, 5.74) is 2.84. The second-order valence-corrected chi connectivity index (χ2v) is 5.20. The average molecular weight is 282 g/mol. The lowest BCUT2D eigenvalue weighted by molar-refractivity contribution is 0.102. The molecule has 0 aliphatic heterocycles. The van der Waals surface area contributed by atoms with Crippen LogP contribution in [0.1, 0.15) is 21.5 Å². The molecule has 0 saturated heterocycles. The number of thioether (sulfide) groups is 1. The molecule has 3 nitrogen and oxygen atoms in total. The van der Waals surface area contributed by atoms with Gasteiger partial charge in [-0.2, -0.15) is 5.26 Å². The Bertz CT molecular complexity index is 689. The van der Waals surface area contributed by atoms with Gasteiger partial charge in [-0.3, -0.25) is 4.79 Å². The number of carbonyl (C=O) groups excluding carboxylic acids is 1. The highest BCUT2D eigenvalue weighted by Crippen LogP contribution is 2.23. The first-order valence-electron chi connectivity index (χ1n) is 6.10. The van der Waals surface area contributed by atoms with E-state index in [1.807, 2.05) is 37.4 Å². The third-order valence-corrected chi connectivity index (χ3v) is 3.65. The van der Waals surface area contributed by atoms with Crippen LogP contribution < -0.4 is 5.32 Å². The molecule has 0 heterocycles. The summed E-state index contributed by atoms with van der Waals surface area (Å²) in [4.78, 5) is 13.0. The zero-order valence-corrected chi connectivity index (χ0v) is 12.1. The van der Waals surface area contributed by atoms with Gasteiger partial charge in [0.05, 0.1) is 5.56 Å². The van der Waals surface area contributed by atoms with Crippen LogP contribution in [0.4, 0.5) is 5.69 Å². The topological polar surface area (TPSA) is 52.9 Å².